The third kappa shape index (κ3) is 2.30. The predicted octanol–water partition coefficient (Wildman–Crippen LogP) is 0.981. The van der Waals surface area contributed by atoms with Crippen LogP contribution in [0.1, 0.15) is 30.1 Å². The number of para-hydroxylation sites is 1. The number of aryl methyl sites for hydroxylation is 1. The standard InChI is InChI=1S/C15H19N3O2/c16-15(20)13(19)8-17-12-7-3-5-10-9-4-1-2-6-11(9)18-14(10)12/h1-2,4,6,12-13,17-19H,3,5,7-8H2,(H2,16,20). The Labute approximate surface area is 117 Å². The fourth-order valence-electron chi connectivity index (χ4n) is 2.97. The van der Waals surface area contributed by atoms with E-state index < -0.39 is 12.0 Å². The number of rotatable bonds is 4. The Morgan fingerprint density at radius 1 is 1.50 bits per heavy atom. The maximum absolute atomic E-state index is 10.9. The van der Waals surface area contributed by atoms with Gasteiger partial charge in [-0.2, -0.15) is 0 Å². The van der Waals surface area contributed by atoms with Crippen molar-refractivity contribution in [3.63, 3.8) is 0 Å². The highest BCUT2D eigenvalue weighted by Gasteiger charge is 2.24. The summed E-state index contributed by atoms with van der Waals surface area (Å²) in [6, 6.07) is 8.41. The molecule has 5 heteroatoms. The number of amides is 1. The Kier molecular flexibility index (Phi) is 3.46. The van der Waals surface area contributed by atoms with Gasteiger partial charge in [0.2, 0.25) is 5.91 Å². The molecule has 0 saturated carbocycles. The van der Waals surface area contributed by atoms with Crippen molar-refractivity contribution in [1.29, 1.82) is 0 Å². The largest absolute Gasteiger partial charge is 0.382 e. The van der Waals surface area contributed by atoms with E-state index in [0.29, 0.717) is 0 Å². The predicted molar refractivity (Wildman–Crippen MR) is 77.2 cm³/mol. The summed E-state index contributed by atoms with van der Waals surface area (Å²) in [7, 11) is 0. The molecule has 1 aliphatic rings. The van der Waals surface area contributed by atoms with Crippen LogP contribution in [0.4, 0.5) is 0 Å². The molecule has 0 aliphatic heterocycles. The average Bonchev–Trinajstić information content (AvgIpc) is 2.83. The number of primary amides is 1. The fourth-order valence-corrected chi connectivity index (χ4v) is 2.97. The highest BCUT2D eigenvalue weighted by Crippen LogP contribution is 2.34. The molecule has 1 amide bonds. The third-order valence-electron chi connectivity index (χ3n) is 4.00. The van der Waals surface area contributed by atoms with Crippen LogP contribution in [0.2, 0.25) is 0 Å². The van der Waals surface area contributed by atoms with Gasteiger partial charge in [-0.3, -0.25) is 4.79 Å². The summed E-state index contributed by atoms with van der Waals surface area (Å²) >= 11 is 0. The number of nitrogens with two attached hydrogens (primary N) is 1. The molecule has 20 heavy (non-hydrogen) atoms. The molecule has 2 aromatic rings. The van der Waals surface area contributed by atoms with Gasteiger partial charge in [0, 0.05) is 29.2 Å². The van der Waals surface area contributed by atoms with Gasteiger partial charge >= 0.3 is 0 Å². The molecule has 0 bridgehead atoms. The van der Waals surface area contributed by atoms with E-state index in [1.807, 2.05) is 12.1 Å². The molecule has 3 rings (SSSR count). The van der Waals surface area contributed by atoms with E-state index in [2.05, 4.69) is 22.4 Å². The van der Waals surface area contributed by atoms with Crippen LogP contribution in [-0.4, -0.2) is 28.6 Å². The lowest BCUT2D eigenvalue weighted by Gasteiger charge is -2.24. The minimum Gasteiger partial charge on any atom is -0.382 e. The van der Waals surface area contributed by atoms with Crippen molar-refractivity contribution in [3.8, 4) is 0 Å². The van der Waals surface area contributed by atoms with Crippen LogP contribution in [0.3, 0.4) is 0 Å². The lowest BCUT2D eigenvalue weighted by Crippen LogP contribution is -2.39. The molecule has 0 spiro atoms. The molecule has 5 N–H and O–H groups in total. The number of aromatic nitrogens is 1. The molecule has 2 unspecified atom stereocenters. The van der Waals surface area contributed by atoms with Gasteiger partial charge in [-0.15, -0.1) is 0 Å². The van der Waals surface area contributed by atoms with Crippen LogP contribution < -0.4 is 11.1 Å². The maximum Gasteiger partial charge on any atom is 0.247 e. The van der Waals surface area contributed by atoms with Crippen molar-refractivity contribution >= 4 is 16.8 Å². The minimum absolute atomic E-state index is 0.139. The van der Waals surface area contributed by atoms with E-state index in [1.165, 1.54) is 16.6 Å². The highest BCUT2D eigenvalue weighted by atomic mass is 16.3. The van der Waals surface area contributed by atoms with Gasteiger partial charge in [0.05, 0.1) is 0 Å². The molecule has 5 nitrogen and oxygen atoms in total. The molecule has 0 saturated heterocycles. The van der Waals surface area contributed by atoms with Crippen molar-refractivity contribution in [2.24, 2.45) is 5.73 Å². The second-order valence-corrected chi connectivity index (χ2v) is 5.33. The summed E-state index contributed by atoms with van der Waals surface area (Å²) in [4.78, 5) is 14.3. The zero-order chi connectivity index (χ0) is 14.1. The number of benzene rings is 1. The van der Waals surface area contributed by atoms with E-state index in [9.17, 15) is 9.90 Å². The van der Waals surface area contributed by atoms with Crippen LogP contribution >= 0.6 is 0 Å². The third-order valence-corrected chi connectivity index (χ3v) is 4.00. The number of H-pyrrole nitrogens is 1. The number of fused-ring (bicyclic) bond motifs is 3. The van der Waals surface area contributed by atoms with E-state index in [1.54, 1.807) is 0 Å². The van der Waals surface area contributed by atoms with Gasteiger partial charge in [-0.05, 0) is 30.9 Å². The van der Waals surface area contributed by atoms with Crippen LogP contribution in [0, 0.1) is 0 Å². The van der Waals surface area contributed by atoms with Crippen LogP contribution in [-0.2, 0) is 11.2 Å². The first-order valence-electron chi connectivity index (χ1n) is 6.97. The van der Waals surface area contributed by atoms with E-state index >= 15 is 0 Å². The van der Waals surface area contributed by atoms with Crippen molar-refractivity contribution in [2.75, 3.05) is 6.54 Å². The Morgan fingerprint density at radius 2 is 2.30 bits per heavy atom. The zero-order valence-corrected chi connectivity index (χ0v) is 11.2. The van der Waals surface area contributed by atoms with Gasteiger partial charge in [0.1, 0.15) is 6.10 Å². The topological polar surface area (TPSA) is 91.1 Å². The summed E-state index contributed by atoms with van der Waals surface area (Å²) in [5, 5.41) is 14.0. The summed E-state index contributed by atoms with van der Waals surface area (Å²) in [6.45, 7) is 0.189. The number of hydrogen-bond donors (Lipinski definition) is 4. The number of aliphatic hydroxyl groups excluding tert-OH is 1. The lowest BCUT2D eigenvalue weighted by atomic mass is 9.91. The van der Waals surface area contributed by atoms with E-state index in [0.717, 1.165) is 24.8 Å². The molecule has 0 radical (unpaired) electrons. The molecule has 0 fully saturated rings. The first kappa shape index (κ1) is 13.1. The summed E-state index contributed by atoms with van der Waals surface area (Å²) < 4.78 is 0. The number of aromatic amines is 1. The van der Waals surface area contributed by atoms with E-state index in [4.69, 9.17) is 5.73 Å². The van der Waals surface area contributed by atoms with Crippen molar-refractivity contribution < 1.29 is 9.90 Å². The van der Waals surface area contributed by atoms with Crippen LogP contribution in [0.5, 0.6) is 0 Å². The SMILES string of the molecule is NC(=O)C(O)CNC1CCCc2c1[nH]c1ccccc21. The Balaban J connectivity index is 1.84. The monoisotopic (exact) mass is 273 g/mol. The molecule has 1 aromatic heterocycles. The molecular weight excluding hydrogens is 254 g/mol. The minimum atomic E-state index is -1.13. The number of aliphatic hydroxyl groups is 1. The number of carbonyl (C=O) groups excluding carboxylic acids is 1. The molecular formula is C15H19N3O2. The van der Waals surface area contributed by atoms with E-state index in [-0.39, 0.29) is 12.6 Å². The summed E-state index contributed by atoms with van der Waals surface area (Å²) in [5.74, 6) is -0.690. The Hall–Kier alpha value is -1.85. The first-order chi connectivity index (χ1) is 9.66. The van der Waals surface area contributed by atoms with Gasteiger partial charge in [0.25, 0.3) is 0 Å². The van der Waals surface area contributed by atoms with Gasteiger partial charge in [0.15, 0.2) is 0 Å². The van der Waals surface area contributed by atoms with Crippen LogP contribution in [0.15, 0.2) is 24.3 Å². The highest BCUT2D eigenvalue weighted by molar-refractivity contribution is 5.85. The van der Waals surface area contributed by atoms with Gasteiger partial charge in [-0.1, -0.05) is 18.2 Å². The maximum atomic E-state index is 10.9. The van der Waals surface area contributed by atoms with Crippen molar-refractivity contribution in [2.45, 2.75) is 31.4 Å². The Morgan fingerprint density at radius 3 is 3.10 bits per heavy atom. The average molecular weight is 273 g/mol. The lowest BCUT2D eigenvalue weighted by molar-refractivity contribution is -0.125. The second-order valence-electron chi connectivity index (χ2n) is 5.33. The Bertz CT molecular complexity index is 635. The van der Waals surface area contributed by atoms with Crippen molar-refractivity contribution in [3.05, 3.63) is 35.5 Å². The second kappa shape index (κ2) is 5.26. The summed E-state index contributed by atoms with van der Waals surface area (Å²) in [6.07, 6.45) is 2.02. The number of carbonyl (C=O) groups is 1. The first-order valence-corrected chi connectivity index (χ1v) is 6.97. The molecule has 106 valence electrons. The van der Waals surface area contributed by atoms with Gasteiger partial charge in [-0.25, -0.2) is 0 Å². The van der Waals surface area contributed by atoms with Gasteiger partial charge < -0.3 is 21.1 Å². The smallest absolute Gasteiger partial charge is 0.247 e. The molecule has 1 aromatic carbocycles. The molecule has 1 aliphatic carbocycles. The van der Waals surface area contributed by atoms with Crippen molar-refractivity contribution in [1.82, 2.24) is 10.3 Å². The number of nitrogens with one attached hydrogen (secondary N) is 2. The zero-order valence-electron chi connectivity index (χ0n) is 11.2. The molecule has 1 heterocycles. The number of hydrogen-bond acceptors (Lipinski definition) is 3. The quantitative estimate of drug-likeness (QED) is 0.669. The fraction of sp³-hybridized carbons (Fsp3) is 0.400. The normalized spacial score (nSPS) is 19.8. The van der Waals surface area contributed by atoms with Crippen LogP contribution in [0.25, 0.3) is 10.9 Å². The summed E-state index contributed by atoms with van der Waals surface area (Å²) in [5.41, 5.74) is 8.73. The molecule has 2 atom stereocenters.